The molecule has 9 nitrogen and oxygen atoms in total. The number of anilines is 2. The van der Waals surface area contributed by atoms with E-state index >= 15 is 0 Å². The monoisotopic (exact) mass is 492 g/mol. The van der Waals surface area contributed by atoms with Crippen molar-refractivity contribution >= 4 is 33.3 Å². The summed E-state index contributed by atoms with van der Waals surface area (Å²) in [5.74, 6) is 0.833. The Hall–Kier alpha value is -3.18. The van der Waals surface area contributed by atoms with Crippen molar-refractivity contribution in [3.05, 3.63) is 60.0 Å². The average Bonchev–Trinajstić information content (AvgIpc) is 3.46. The summed E-state index contributed by atoms with van der Waals surface area (Å²) in [6.45, 7) is 2.14. The van der Waals surface area contributed by atoms with Crippen molar-refractivity contribution in [2.75, 3.05) is 23.8 Å². The highest BCUT2D eigenvalue weighted by atomic mass is 32.1. The lowest BCUT2D eigenvalue weighted by Gasteiger charge is -2.27. The third-order valence-corrected chi connectivity index (χ3v) is 7.39. The molecule has 0 amide bonds. The number of hydrogen-bond donors (Lipinski definition) is 5. The molecule has 3 unspecified atom stereocenters. The fraction of sp³-hybridized carbons (Fsp3) is 0.360. The Labute approximate surface area is 207 Å². The minimum absolute atomic E-state index is 0.0334. The van der Waals surface area contributed by atoms with Crippen LogP contribution in [0.5, 0.6) is 0 Å². The molecule has 1 fully saturated rings. The van der Waals surface area contributed by atoms with E-state index in [1.807, 2.05) is 43.3 Å². The van der Waals surface area contributed by atoms with E-state index < -0.39 is 11.8 Å². The van der Waals surface area contributed by atoms with E-state index in [2.05, 4.69) is 25.6 Å². The van der Waals surface area contributed by atoms with Crippen LogP contribution >= 0.6 is 11.3 Å². The first-order valence-electron chi connectivity index (χ1n) is 11.6. The zero-order chi connectivity index (χ0) is 24.4. The number of aliphatic hydroxyl groups excluding tert-OH is 2. The molecule has 5 rings (SSSR count). The largest absolute Gasteiger partial charge is 0.396 e. The van der Waals surface area contributed by atoms with Crippen LogP contribution < -0.4 is 10.6 Å². The molecule has 0 aliphatic heterocycles. The molecule has 0 radical (unpaired) electrons. The predicted octanol–water partition coefficient (Wildman–Crippen LogP) is 3.50. The third kappa shape index (κ3) is 5.10. The number of aliphatic hydroxyl groups is 3. The van der Waals surface area contributed by atoms with E-state index in [1.165, 1.54) is 11.3 Å². The number of aromatic nitrogens is 4. The third-order valence-electron chi connectivity index (χ3n) is 6.33. The van der Waals surface area contributed by atoms with E-state index in [0.29, 0.717) is 35.9 Å². The van der Waals surface area contributed by atoms with Gasteiger partial charge in [0.2, 0.25) is 5.95 Å². The Morgan fingerprint density at radius 2 is 2.00 bits per heavy atom. The van der Waals surface area contributed by atoms with Crippen molar-refractivity contribution in [2.24, 2.45) is 5.92 Å². The number of fused-ring (bicyclic) bond motifs is 1. The highest BCUT2D eigenvalue weighted by Crippen LogP contribution is 2.40. The molecule has 1 saturated carbocycles. The minimum Gasteiger partial charge on any atom is -0.396 e. The van der Waals surface area contributed by atoms with E-state index in [-0.39, 0.29) is 19.1 Å². The lowest BCUT2D eigenvalue weighted by molar-refractivity contribution is 0.0683. The number of benzene rings is 1. The van der Waals surface area contributed by atoms with Crippen LogP contribution in [-0.4, -0.2) is 54.1 Å². The summed E-state index contributed by atoms with van der Waals surface area (Å²) in [7, 11) is 0. The van der Waals surface area contributed by atoms with E-state index in [1.54, 1.807) is 12.4 Å². The molecular formula is C25H28N6O3S. The van der Waals surface area contributed by atoms with Gasteiger partial charge in [0.1, 0.15) is 22.1 Å². The topological polar surface area (TPSA) is 136 Å². The fourth-order valence-corrected chi connectivity index (χ4v) is 5.51. The van der Waals surface area contributed by atoms with Gasteiger partial charge in [0.25, 0.3) is 0 Å². The number of aryl methyl sites for hydroxylation is 1. The molecule has 0 spiro atoms. The molecule has 0 saturated heterocycles. The van der Waals surface area contributed by atoms with Gasteiger partial charge in [0.15, 0.2) is 0 Å². The second-order valence-corrected chi connectivity index (χ2v) is 10.0. The molecule has 3 atom stereocenters. The standard InChI is InChI=1S/C25H28N6O3S/c1-15-21(23-29-18-12-26-10-8-20(18)35-23)22(31-25(34)9-7-16(11-25)14-32)30-24(28-15)27-13-19(33)17-5-3-2-4-6-17/h2-6,8,10,12,16,19,32-34H,7,9,11,13-14H2,1H3,(H2,27,28,30,31). The number of thiazole rings is 1. The maximum Gasteiger partial charge on any atom is 0.225 e. The van der Waals surface area contributed by atoms with Crippen molar-refractivity contribution in [1.82, 2.24) is 19.9 Å². The summed E-state index contributed by atoms with van der Waals surface area (Å²) in [6, 6.07) is 11.3. The number of pyridine rings is 1. The van der Waals surface area contributed by atoms with Crippen LogP contribution in [0, 0.1) is 12.8 Å². The van der Waals surface area contributed by atoms with Crippen LogP contribution in [0.3, 0.4) is 0 Å². The van der Waals surface area contributed by atoms with Gasteiger partial charge in [-0.25, -0.2) is 9.97 Å². The molecule has 1 aliphatic carbocycles. The molecule has 10 heteroatoms. The SMILES string of the molecule is Cc1nc(NCC(O)c2ccccc2)nc(NC2(O)CCC(CO)C2)c1-c1nc2cnccc2s1. The highest BCUT2D eigenvalue weighted by molar-refractivity contribution is 7.21. The van der Waals surface area contributed by atoms with Gasteiger partial charge in [-0.15, -0.1) is 11.3 Å². The van der Waals surface area contributed by atoms with Gasteiger partial charge in [0, 0.05) is 19.3 Å². The van der Waals surface area contributed by atoms with Gasteiger partial charge in [0.05, 0.1) is 28.3 Å². The van der Waals surface area contributed by atoms with Gasteiger partial charge < -0.3 is 26.0 Å². The van der Waals surface area contributed by atoms with Crippen molar-refractivity contribution in [3.63, 3.8) is 0 Å². The van der Waals surface area contributed by atoms with Gasteiger partial charge in [-0.2, -0.15) is 4.98 Å². The van der Waals surface area contributed by atoms with Crippen molar-refractivity contribution in [2.45, 2.75) is 38.0 Å². The lowest BCUT2D eigenvalue weighted by Crippen LogP contribution is -2.36. The first-order valence-corrected chi connectivity index (χ1v) is 12.4. The molecular weight excluding hydrogens is 464 g/mol. The van der Waals surface area contributed by atoms with Gasteiger partial charge in [-0.1, -0.05) is 30.3 Å². The average molecular weight is 493 g/mol. The maximum absolute atomic E-state index is 11.2. The number of nitrogens with one attached hydrogen (secondary N) is 2. The number of rotatable bonds is 8. The summed E-state index contributed by atoms with van der Waals surface area (Å²) in [5.41, 5.74) is 1.78. The van der Waals surface area contributed by atoms with Gasteiger partial charge >= 0.3 is 0 Å². The Morgan fingerprint density at radius 1 is 1.17 bits per heavy atom. The summed E-state index contributed by atoms with van der Waals surface area (Å²) < 4.78 is 0.994. The van der Waals surface area contributed by atoms with Crippen LogP contribution in [-0.2, 0) is 0 Å². The second kappa shape index (κ2) is 9.82. The molecule has 3 heterocycles. The van der Waals surface area contributed by atoms with E-state index in [9.17, 15) is 15.3 Å². The first kappa shape index (κ1) is 23.6. The smallest absolute Gasteiger partial charge is 0.225 e. The van der Waals surface area contributed by atoms with Crippen LogP contribution in [0.25, 0.3) is 20.8 Å². The zero-order valence-corrected chi connectivity index (χ0v) is 20.2. The zero-order valence-electron chi connectivity index (χ0n) is 19.3. The molecule has 182 valence electrons. The van der Waals surface area contributed by atoms with Crippen molar-refractivity contribution in [1.29, 1.82) is 0 Å². The quantitative estimate of drug-likeness (QED) is 0.234. The van der Waals surface area contributed by atoms with E-state index in [0.717, 1.165) is 27.2 Å². The summed E-state index contributed by atoms with van der Waals surface area (Å²) >= 11 is 1.51. The van der Waals surface area contributed by atoms with Crippen LogP contribution in [0.15, 0.2) is 48.8 Å². The molecule has 35 heavy (non-hydrogen) atoms. The highest BCUT2D eigenvalue weighted by Gasteiger charge is 2.38. The molecule has 1 aliphatic rings. The van der Waals surface area contributed by atoms with Crippen LogP contribution in [0.1, 0.15) is 36.6 Å². The summed E-state index contributed by atoms with van der Waals surface area (Å²) in [4.78, 5) is 18.2. The Morgan fingerprint density at radius 3 is 2.74 bits per heavy atom. The lowest BCUT2D eigenvalue weighted by atomic mass is 10.1. The predicted molar refractivity (Wildman–Crippen MR) is 136 cm³/mol. The van der Waals surface area contributed by atoms with Crippen LogP contribution in [0.4, 0.5) is 11.8 Å². The van der Waals surface area contributed by atoms with E-state index in [4.69, 9.17) is 4.98 Å². The Balaban J connectivity index is 1.48. The number of nitrogens with zero attached hydrogens (tertiary/aromatic N) is 4. The first-order chi connectivity index (χ1) is 16.9. The van der Waals surface area contributed by atoms with Crippen molar-refractivity contribution in [3.8, 4) is 10.6 Å². The molecule has 4 aromatic rings. The molecule has 5 N–H and O–H groups in total. The van der Waals surface area contributed by atoms with Gasteiger partial charge in [-0.3, -0.25) is 4.98 Å². The Kier molecular flexibility index (Phi) is 6.61. The van der Waals surface area contributed by atoms with Crippen molar-refractivity contribution < 1.29 is 15.3 Å². The Bertz CT molecular complexity index is 1280. The summed E-state index contributed by atoms with van der Waals surface area (Å²) in [5, 5.41) is 38.4. The second-order valence-electron chi connectivity index (χ2n) is 8.97. The summed E-state index contributed by atoms with van der Waals surface area (Å²) in [6.07, 6.45) is 4.37. The fourth-order valence-electron chi connectivity index (χ4n) is 4.48. The molecule has 0 bridgehead atoms. The molecule has 3 aromatic heterocycles. The van der Waals surface area contributed by atoms with Gasteiger partial charge in [-0.05, 0) is 43.7 Å². The maximum atomic E-state index is 11.2. The normalized spacial score (nSPS) is 20.7. The number of hydrogen-bond acceptors (Lipinski definition) is 10. The minimum atomic E-state index is -1.19. The van der Waals surface area contributed by atoms with Crippen LogP contribution in [0.2, 0.25) is 0 Å². The molecule has 1 aromatic carbocycles.